The highest BCUT2D eigenvalue weighted by Crippen LogP contribution is 2.20. The van der Waals surface area contributed by atoms with Crippen LogP contribution in [0.3, 0.4) is 0 Å². The van der Waals surface area contributed by atoms with Crippen LogP contribution in [-0.2, 0) is 13.5 Å². The number of aliphatic hydroxyl groups is 1. The van der Waals surface area contributed by atoms with Crippen molar-refractivity contribution in [3.05, 3.63) is 54.4 Å². The van der Waals surface area contributed by atoms with Crippen LogP contribution in [0, 0.1) is 0 Å². The molecule has 5 heteroatoms. The maximum Gasteiger partial charge on any atom is 0.159 e. The normalized spacial score (nSPS) is 12.5. The van der Waals surface area contributed by atoms with Crippen molar-refractivity contribution < 1.29 is 5.11 Å². The Bertz CT molecular complexity index is 723. The largest absolute Gasteiger partial charge is 0.391 e. The number of anilines is 1. The predicted molar refractivity (Wildman–Crippen MR) is 83.2 cm³/mol. The van der Waals surface area contributed by atoms with E-state index in [0.717, 1.165) is 22.3 Å². The molecule has 0 aliphatic heterocycles. The molecule has 2 heterocycles. The Morgan fingerprint density at radius 1 is 1.24 bits per heavy atom. The molecule has 0 spiro atoms. The third-order valence-electron chi connectivity index (χ3n) is 3.48. The summed E-state index contributed by atoms with van der Waals surface area (Å²) in [5, 5.41) is 18.6. The minimum absolute atomic E-state index is 0.438. The molecule has 0 bridgehead atoms. The highest BCUT2D eigenvalue weighted by Gasteiger charge is 2.09. The molecule has 21 heavy (non-hydrogen) atoms. The highest BCUT2D eigenvalue weighted by atomic mass is 16.3. The van der Waals surface area contributed by atoms with Gasteiger partial charge in [0.1, 0.15) is 0 Å². The van der Waals surface area contributed by atoms with Gasteiger partial charge in [0.05, 0.1) is 17.7 Å². The number of hydrogen-bond acceptors (Lipinski definition) is 4. The zero-order valence-corrected chi connectivity index (χ0v) is 11.9. The maximum absolute atomic E-state index is 10.1. The molecule has 2 aromatic heterocycles. The Morgan fingerprint density at radius 2 is 2.05 bits per heavy atom. The maximum atomic E-state index is 10.1. The van der Waals surface area contributed by atoms with Crippen molar-refractivity contribution in [2.24, 2.45) is 7.05 Å². The van der Waals surface area contributed by atoms with E-state index >= 15 is 0 Å². The van der Waals surface area contributed by atoms with Crippen molar-refractivity contribution in [2.45, 2.75) is 12.5 Å². The fraction of sp³-hybridized carbons (Fsp3) is 0.250. The minimum atomic E-state index is -0.438. The van der Waals surface area contributed by atoms with E-state index in [1.54, 1.807) is 17.1 Å². The smallest absolute Gasteiger partial charge is 0.159 e. The van der Waals surface area contributed by atoms with Gasteiger partial charge in [-0.15, -0.1) is 0 Å². The molecule has 2 N–H and O–H groups in total. The molecular weight excluding hydrogens is 264 g/mol. The Morgan fingerprint density at radius 3 is 2.86 bits per heavy atom. The fourth-order valence-corrected chi connectivity index (χ4v) is 2.39. The number of nitrogens with zero attached hydrogens (tertiary/aromatic N) is 3. The van der Waals surface area contributed by atoms with Crippen molar-refractivity contribution in [3.63, 3.8) is 0 Å². The molecule has 1 aromatic carbocycles. The molecule has 108 valence electrons. The van der Waals surface area contributed by atoms with Crippen LogP contribution in [0.5, 0.6) is 0 Å². The van der Waals surface area contributed by atoms with Crippen molar-refractivity contribution in [3.8, 4) is 0 Å². The van der Waals surface area contributed by atoms with Crippen LogP contribution in [0.1, 0.15) is 5.56 Å². The van der Waals surface area contributed by atoms with Crippen molar-refractivity contribution >= 4 is 16.7 Å². The molecule has 0 fully saturated rings. The molecule has 5 nitrogen and oxygen atoms in total. The van der Waals surface area contributed by atoms with E-state index < -0.39 is 6.10 Å². The van der Waals surface area contributed by atoms with Crippen LogP contribution in [0.2, 0.25) is 0 Å². The van der Waals surface area contributed by atoms with Gasteiger partial charge in [-0.2, -0.15) is 5.10 Å². The van der Waals surface area contributed by atoms with Crippen LogP contribution >= 0.6 is 0 Å². The van der Waals surface area contributed by atoms with Crippen molar-refractivity contribution in [1.82, 2.24) is 14.8 Å². The fourth-order valence-electron chi connectivity index (χ4n) is 2.39. The Labute approximate surface area is 123 Å². The summed E-state index contributed by atoms with van der Waals surface area (Å²) in [6, 6.07) is 11.9. The summed E-state index contributed by atoms with van der Waals surface area (Å²) in [5.74, 6) is 0. The first-order valence-corrected chi connectivity index (χ1v) is 6.96. The number of hydrogen-bond donors (Lipinski definition) is 2. The summed E-state index contributed by atoms with van der Waals surface area (Å²) in [6.07, 6.45) is 3.73. The summed E-state index contributed by atoms with van der Waals surface area (Å²) >= 11 is 0. The standard InChI is InChI=1S/C16H18N4O/c1-20-16-14(11-19-20)15(7-8-17-16)18-10-13(21)9-12-5-3-2-4-6-12/h2-8,11,13,21H,9-10H2,1H3,(H,17,18). The van der Waals surface area contributed by atoms with Crippen molar-refractivity contribution in [2.75, 3.05) is 11.9 Å². The van der Waals surface area contributed by atoms with E-state index in [9.17, 15) is 5.11 Å². The first-order valence-electron chi connectivity index (χ1n) is 6.96. The second-order valence-corrected chi connectivity index (χ2v) is 5.09. The quantitative estimate of drug-likeness (QED) is 0.751. The second-order valence-electron chi connectivity index (χ2n) is 5.09. The monoisotopic (exact) mass is 282 g/mol. The molecule has 0 aliphatic rings. The lowest BCUT2D eigenvalue weighted by atomic mass is 10.1. The van der Waals surface area contributed by atoms with E-state index in [2.05, 4.69) is 15.4 Å². The van der Waals surface area contributed by atoms with Crippen LogP contribution in [0.4, 0.5) is 5.69 Å². The Kier molecular flexibility index (Phi) is 3.83. The zero-order chi connectivity index (χ0) is 14.7. The molecule has 0 amide bonds. The lowest BCUT2D eigenvalue weighted by Gasteiger charge is -2.13. The third kappa shape index (κ3) is 3.03. The van der Waals surface area contributed by atoms with E-state index in [1.165, 1.54) is 0 Å². The lowest BCUT2D eigenvalue weighted by molar-refractivity contribution is 0.188. The number of aliphatic hydroxyl groups excluding tert-OH is 1. The van der Waals surface area contributed by atoms with Gasteiger partial charge < -0.3 is 10.4 Å². The zero-order valence-electron chi connectivity index (χ0n) is 11.9. The van der Waals surface area contributed by atoms with E-state index in [-0.39, 0.29) is 0 Å². The van der Waals surface area contributed by atoms with Crippen molar-refractivity contribution in [1.29, 1.82) is 0 Å². The molecule has 0 radical (unpaired) electrons. The van der Waals surface area contributed by atoms with Crippen LogP contribution < -0.4 is 5.32 Å². The Hall–Kier alpha value is -2.40. The highest BCUT2D eigenvalue weighted by molar-refractivity contribution is 5.88. The lowest BCUT2D eigenvalue weighted by Crippen LogP contribution is -2.21. The molecule has 0 saturated carbocycles. The van der Waals surface area contributed by atoms with Crippen LogP contribution in [-0.4, -0.2) is 32.5 Å². The van der Waals surface area contributed by atoms with Gasteiger partial charge >= 0.3 is 0 Å². The summed E-state index contributed by atoms with van der Waals surface area (Å²) < 4.78 is 1.74. The summed E-state index contributed by atoms with van der Waals surface area (Å²) in [6.45, 7) is 0.489. The second kappa shape index (κ2) is 5.93. The average molecular weight is 282 g/mol. The molecule has 0 saturated heterocycles. The van der Waals surface area contributed by atoms with E-state index in [1.807, 2.05) is 43.4 Å². The summed E-state index contributed by atoms with van der Waals surface area (Å²) in [5.41, 5.74) is 2.91. The Balaban J connectivity index is 1.66. The topological polar surface area (TPSA) is 63.0 Å². The molecule has 0 aliphatic carbocycles. The van der Waals surface area contributed by atoms with E-state index in [0.29, 0.717) is 13.0 Å². The molecule has 3 rings (SSSR count). The first kappa shape index (κ1) is 13.6. The molecule has 3 aromatic rings. The van der Waals surface area contributed by atoms with Gasteiger partial charge in [-0.3, -0.25) is 4.68 Å². The molecule has 1 atom stereocenters. The van der Waals surface area contributed by atoms with E-state index in [4.69, 9.17) is 0 Å². The number of benzene rings is 1. The van der Waals surface area contributed by atoms with Gasteiger partial charge in [0, 0.05) is 31.9 Å². The van der Waals surface area contributed by atoms with Gasteiger partial charge in [-0.05, 0) is 11.6 Å². The first-order chi connectivity index (χ1) is 10.2. The van der Waals surface area contributed by atoms with Gasteiger partial charge in [-0.25, -0.2) is 4.98 Å². The average Bonchev–Trinajstić information content (AvgIpc) is 2.88. The number of fused-ring (bicyclic) bond motifs is 1. The minimum Gasteiger partial charge on any atom is -0.391 e. The SMILES string of the molecule is Cn1ncc2c(NCC(O)Cc3ccccc3)ccnc21. The summed E-state index contributed by atoms with van der Waals surface area (Å²) in [4.78, 5) is 4.29. The van der Waals surface area contributed by atoms with Crippen LogP contribution in [0.25, 0.3) is 11.0 Å². The van der Waals surface area contributed by atoms with Gasteiger partial charge in [0.2, 0.25) is 0 Å². The third-order valence-corrected chi connectivity index (χ3v) is 3.48. The van der Waals surface area contributed by atoms with Crippen LogP contribution in [0.15, 0.2) is 48.8 Å². The number of aromatic nitrogens is 3. The predicted octanol–water partition coefficient (Wildman–Crippen LogP) is 1.98. The molecule has 1 unspecified atom stereocenters. The number of rotatable bonds is 5. The number of nitrogens with one attached hydrogen (secondary N) is 1. The van der Waals surface area contributed by atoms with Gasteiger partial charge in [-0.1, -0.05) is 30.3 Å². The van der Waals surface area contributed by atoms with Gasteiger partial charge in [0.15, 0.2) is 5.65 Å². The molecular formula is C16H18N4O. The number of pyridine rings is 1. The summed E-state index contributed by atoms with van der Waals surface area (Å²) in [7, 11) is 1.86. The number of aryl methyl sites for hydroxylation is 1. The van der Waals surface area contributed by atoms with Gasteiger partial charge in [0.25, 0.3) is 0 Å².